The van der Waals surface area contributed by atoms with Gasteiger partial charge in [0.25, 0.3) is 0 Å². The number of nitrogens with two attached hydrogens (primary N) is 1. The number of fused-ring (bicyclic) bond motifs is 3. The minimum absolute atomic E-state index is 0.0138. The summed E-state index contributed by atoms with van der Waals surface area (Å²) in [7, 11) is 0. The number of hydrogen-bond acceptors (Lipinski definition) is 4. The Hall–Kier alpha value is -4.24. The van der Waals surface area contributed by atoms with Crippen molar-refractivity contribution in [3.05, 3.63) is 89.0 Å². The Morgan fingerprint density at radius 2 is 1.66 bits per heavy atom. The maximum atomic E-state index is 12.2. The standard InChI is InChI=1S/C26H22N2O4/c27-19-14-17(13-18(15-19)25(29)30)7-5-6-12-28-26(31)32-16-24-22-10-3-1-8-20(22)21-9-2-4-11-23(21)24/h1-4,8-11,13-15,24H,6,12,16,27H2,(H,28,31)(H,29,30). The van der Waals surface area contributed by atoms with Gasteiger partial charge < -0.3 is 20.9 Å². The van der Waals surface area contributed by atoms with Gasteiger partial charge in [-0.05, 0) is 40.5 Å². The van der Waals surface area contributed by atoms with Gasteiger partial charge in [-0.3, -0.25) is 0 Å². The zero-order chi connectivity index (χ0) is 22.5. The number of alkyl carbamates (subject to hydrolysis) is 1. The lowest BCUT2D eigenvalue weighted by atomic mass is 9.98. The molecule has 3 aromatic rings. The van der Waals surface area contributed by atoms with E-state index in [-0.39, 0.29) is 18.1 Å². The lowest BCUT2D eigenvalue weighted by Crippen LogP contribution is -2.26. The zero-order valence-corrected chi connectivity index (χ0v) is 17.3. The lowest BCUT2D eigenvalue weighted by Gasteiger charge is -2.14. The smallest absolute Gasteiger partial charge is 0.407 e. The first kappa shape index (κ1) is 21.0. The summed E-state index contributed by atoms with van der Waals surface area (Å²) < 4.78 is 5.48. The molecule has 1 amide bonds. The van der Waals surface area contributed by atoms with Crippen molar-refractivity contribution in [2.24, 2.45) is 0 Å². The van der Waals surface area contributed by atoms with Gasteiger partial charge in [-0.2, -0.15) is 0 Å². The second-order valence-corrected chi connectivity index (χ2v) is 7.45. The topological polar surface area (TPSA) is 102 Å². The Balaban J connectivity index is 1.29. The second kappa shape index (κ2) is 9.27. The molecular formula is C26H22N2O4. The van der Waals surface area contributed by atoms with E-state index in [1.165, 1.54) is 23.3 Å². The van der Waals surface area contributed by atoms with E-state index in [4.69, 9.17) is 15.6 Å². The predicted octanol–water partition coefficient (Wildman–Crippen LogP) is 4.25. The number of aromatic carboxylic acids is 1. The molecule has 0 saturated carbocycles. The van der Waals surface area contributed by atoms with Crippen LogP contribution in [0.4, 0.5) is 10.5 Å². The number of nitrogens with one attached hydrogen (secondary N) is 1. The minimum atomic E-state index is -1.06. The normalized spacial score (nSPS) is 11.6. The summed E-state index contributed by atoms with van der Waals surface area (Å²) in [6.45, 7) is 0.574. The molecule has 0 atom stereocenters. The molecule has 0 radical (unpaired) electrons. The van der Waals surface area contributed by atoms with Gasteiger partial charge in [0.2, 0.25) is 0 Å². The van der Waals surface area contributed by atoms with E-state index in [2.05, 4.69) is 41.4 Å². The van der Waals surface area contributed by atoms with Gasteiger partial charge >= 0.3 is 12.1 Å². The van der Waals surface area contributed by atoms with E-state index < -0.39 is 12.1 Å². The number of rotatable bonds is 5. The number of hydrogen-bond donors (Lipinski definition) is 3. The van der Waals surface area contributed by atoms with E-state index in [1.54, 1.807) is 6.07 Å². The lowest BCUT2D eigenvalue weighted by molar-refractivity contribution is 0.0696. The number of carboxylic acid groups (broad SMARTS) is 1. The highest BCUT2D eigenvalue weighted by molar-refractivity contribution is 5.89. The van der Waals surface area contributed by atoms with Crippen LogP contribution in [0.2, 0.25) is 0 Å². The third-order valence-electron chi connectivity index (χ3n) is 5.30. The molecule has 0 aliphatic heterocycles. The van der Waals surface area contributed by atoms with Gasteiger partial charge in [0.05, 0.1) is 5.56 Å². The second-order valence-electron chi connectivity index (χ2n) is 7.45. The average Bonchev–Trinajstić information content (AvgIpc) is 3.11. The van der Waals surface area contributed by atoms with E-state index in [9.17, 15) is 9.59 Å². The summed E-state index contributed by atoms with van der Waals surface area (Å²) >= 11 is 0. The summed E-state index contributed by atoms with van der Waals surface area (Å²) in [6.07, 6.45) is -0.104. The first-order chi connectivity index (χ1) is 15.5. The van der Waals surface area contributed by atoms with Crippen LogP contribution in [-0.4, -0.2) is 30.3 Å². The summed E-state index contributed by atoms with van der Waals surface area (Å²) in [5, 5.41) is 11.8. The summed E-state index contributed by atoms with van der Waals surface area (Å²) in [4.78, 5) is 23.2. The molecular weight excluding hydrogens is 404 g/mol. The van der Waals surface area contributed by atoms with Crippen molar-refractivity contribution in [2.75, 3.05) is 18.9 Å². The number of carbonyl (C=O) groups is 2. The predicted molar refractivity (Wildman–Crippen MR) is 122 cm³/mol. The van der Waals surface area contributed by atoms with Gasteiger partial charge in [0.1, 0.15) is 6.61 Å². The number of anilines is 1. The van der Waals surface area contributed by atoms with Crippen LogP contribution in [0.25, 0.3) is 11.1 Å². The van der Waals surface area contributed by atoms with E-state index in [0.29, 0.717) is 24.2 Å². The molecule has 0 unspecified atom stereocenters. The van der Waals surface area contributed by atoms with Gasteiger partial charge in [-0.1, -0.05) is 60.4 Å². The van der Waals surface area contributed by atoms with Crippen molar-refractivity contribution >= 4 is 17.7 Å². The maximum absolute atomic E-state index is 12.2. The number of ether oxygens (including phenoxy) is 1. The fourth-order valence-electron chi connectivity index (χ4n) is 3.89. The van der Waals surface area contributed by atoms with Crippen molar-refractivity contribution in [1.29, 1.82) is 0 Å². The average molecular weight is 426 g/mol. The monoisotopic (exact) mass is 426 g/mol. The third kappa shape index (κ3) is 4.57. The molecule has 1 aliphatic carbocycles. The fourth-order valence-corrected chi connectivity index (χ4v) is 3.89. The van der Waals surface area contributed by atoms with Gasteiger partial charge in [0.15, 0.2) is 0 Å². The number of nitrogen functional groups attached to an aromatic ring is 1. The van der Waals surface area contributed by atoms with E-state index in [1.807, 2.05) is 24.3 Å². The van der Waals surface area contributed by atoms with E-state index >= 15 is 0 Å². The summed E-state index contributed by atoms with van der Waals surface area (Å²) in [6, 6.07) is 20.8. The van der Waals surface area contributed by atoms with Gasteiger partial charge in [-0.25, -0.2) is 9.59 Å². The Bertz CT molecular complexity index is 1190. The number of carboxylic acids is 1. The van der Waals surface area contributed by atoms with Gasteiger partial charge in [-0.15, -0.1) is 0 Å². The highest BCUT2D eigenvalue weighted by Gasteiger charge is 2.28. The minimum Gasteiger partial charge on any atom is -0.478 e. The number of benzene rings is 3. The Morgan fingerprint density at radius 1 is 1.00 bits per heavy atom. The Labute approximate surface area is 186 Å². The maximum Gasteiger partial charge on any atom is 0.407 e. The molecule has 32 heavy (non-hydrogen) atoms. The Morgan fingerprint density at radius 3 is 2.31 bits per heavy atom. The van der Waals surface area contributed by atoms with Crippen molar-refractivity contribution in [3.8, 4) is 23.0 Å². The van der Waals surface area contributed by atoms with Crippen molar-refractivity contribution in [1.82, 2.24) is 5.32 Å². The van der Waals surface area contributed by atoms with Crippen molar-refractivity contribution in [3.63, 3.8) is 0 Å². The molecule has 3 aromatic carbocycles. The molecule has 160 valence electrons. The number of amides is 1. The highest BCUT2D eigenvalue weighted by Crippen LogP contribution is 2.44. The molecule has 6 heteroatoms. The molecule has 0 fully saturated rings. The van der Waals surface area contributed by atoms with Crippen LogP contribution in [0.5, 0.6) is 0 Å². The SMILES string of the molecule is Nc1cc(C#CCCNC(=O)OCC2c3ccccc3-c3ccccc32)cc(C(=O)O)c1. The first-order valence-electron chi connectivity index (χ1n) is 10.2. The van der Waals surface area contributed by atoms with Crippen LogP contribution in [0.3, 0.4) is 0 Å². The van der Waals surface area contributed by atoms with Crippen molar-refractivity contribution < 1.29 is 19.4 Å². The third-order valence-corrected chi connectivity index (χ3v) is 5.30. The van der Waals surface area contributed by atoms with Crippen molar-refractivity contribution in [2.45, 2.75) is 12.3 Å². The van der Waals surface area contributed by atoms with Gasteiger partial charge in [0, 0.05) is 30.1 Å². The molecule has 0 heterocycles. The number of carbonyl (C=O) groups excluding carboxylic acids is 1. The van der Waals surface area contributed by atoms with Crippen LogP contribution >= 0.6 is 0 Å². The van der Waals surface area contributed by atoms with E-state index in [0.717, 1.165) is 11.1 Å². The molecule has 0 aromatic heterocycles. The zero-order valence-electron chi connectivity index (χ0n) is 17.3. The quantitative estimate of drug-likeness (QED) is 0.322. The first-order valence-corrected chi connectivity index (χ1v) is 10.2. The summed E-state index contributed by atoms with van der Waals surface area (Å²) in [5.74, 6) is 4.73. The molecule has 0 spiro atoms. The van der Waals surface area contributed by atoms with Crippen LogP contribution in [-0.2, 0) is 4.74 Å². The van der Waals surface area contributed by atoms with Crippen LogP contribution in [0, 0.1) is 11.8 Å². The summed E-state index contributed by atoms with van der Waals surface area (Å²) in [5.41, 5.74) is 11.3. The fraction of sp³-hybridized carbons (Fsp3) is 0.154. The highest BCUT2D eigenvalue weighted by atomic mass is 16.5. The Kier molecular flexibility index (Phi) is 6.09. The molecule has 0 saturated heterocycles. The molecule has 1 aliphatic rings. The largest absolute Gasteiger partial charge is 0.478 e. The molecule has 0 bridgehead atoms. The molecule has 4 rings (SSSR count). The van der Waals surface area contributed by atoms with Crippen LogP contribution < -0.4 is 11.1 Å². The molecule has 4 N–H and O–H groups in total. The van der Waals surface area contributed by atoms with Crippen LogP contribution in [0.15, 0.2) is 66.7 Å². The van der Waals surface area contributed by atoms with Crippen LogP contribution in [0.1, 0.15) is 39.4 Å². The molecule has 6 nitrogen and oxygen atoms in total.